The van der Waals surface area contributed by atoms with Crippen LogP contribution in [0.25, 0.3) is 0 Å². The van der Waals surface area contributed by atoms with E-state index in [2.05, 4.69) is 21.2 Å². The quantitative estimate of drug-likeness (QED) is 0.480. The molecule has 0 radical (unpaired) electrons. The summed E-state index contributed by atoms with van der Waals surface area (Å²) in [6.07, 6.45) is 0. The number of benzene rings is 1. The molecule has 1 aromatic rings. The molecule has 1 atom stereocenters. The Labute approximate surface area is 87.7 Å². The first kappa shape index (κ1) is 9.41. The largest absolute Gasteiger partial charge is 0.383 e. The summed E-state index contributed by atoms with van der Waals surface area (Å²) in [5.74, 6) is 0. The molecule has 1 aromatic carbocycles. The third-order valence-electron chi connectivity index (χ3n) is 1.21. The highest BCUT2D eigenvalue weighted by molar-refractivity contribution is 9.10. The zero-order chi connectivity index (χ0) is 8.27. The monoisotopic (exact) mass is 247 g/mol. The molecule has 58 valence electrons. The van der Waals surface area contributed by atoms with Gasteiger partial charge < -0.3 is 5.32 Å². The number of alkyl halides is 1. The SMILES string of the molecule is [AlH2][CH](Cl)Nc1ccc(Br)cc1. The zero-order valence-corrected chi connectivity index (χ0v) is 10.5. The summed E-state index contributed by atoms with van der Waals surface area (Å²) in [7, 11) is 0. The van der Waals surface area contributed by atoms with Crippen molar-refractivity contribution in [3.63, 3.8) is 0 Å². The fourth-order valence-electron chi connectivity index (χ4n) is 0.776. The van der Waals surface area contributed by atoms with E-state index in [0.29, 0.717) is 0 Å². The molecule has 1 N–H and O–H groups in total. The lowest BCUT2D eigenvalue weighted by Gasteiger charge is -2.07. The van der Waals surface area contributed by atoms with Gasteiger partial charge in [-0.2, -0.15) is 0 Å². The summed E-state index contributed by atoms with van der Waals surface area (Å²) in [5, 5.41) is 3.14. The number of halogens is 2. The van der Waals surface area contributed by atoms with Crippen molar-refractivity contribution >= 4 is 49.5 Å². The van der Waals surface area contributed by atoms with Crippen LogP contribution in [0.2, 0.25) is 0 Å². The van der Waals surface area contributed by atoms with E-state index >= 15 is 0 Å². The minimum Gasteiger partial charge on any atom is -0.383 e. The van der Waals surface area contributed by atoms with Crippen molar-refractivity contribution in [2.75, 3.05) is 5.32 Å². The summed E-state index contributed by atoms with van der Waals surface area (Å²) >= 11 is 10.1. The zero-order valence-electron chi connectivity index (χ0n) is 6.14. The van der Waals surface area contributed by atoms with Crippen molar-refractivity contribution in [1.82, 2.24) is 0 Å². The van der Waals surface area contributed by atoms with Gasteiger partial charge >= 0.3 is 0 Å². The molecule has 1 rings (SSSR count). The van der Waals surface area contributed by atoms with E-state index in [1.165, 1.54) is 0 Å². The maximum absolute atomic E-state index is 5.79. The second-order valence-electron chi connectivity index (χ2n) is 2.27. The Hall–Kier alpha value is 0.322. The van der Waals surface area contributed by atoms with Crippen LogP contribution in [0.1, 0.15) is 0 Å². The average Bonchev–Trinajstić information content (AvgIpc) is 1.93. The lowest BCUT2D eigenvalue weighted by Crippen LogP contribution is -2.10. The smallest absolute Gasteiger partial charge is 0.272 e. The summed E-state index contributed by atoms with van der Waals surface area (Å²) in [6, 6.07) is 7.97. The normalized spacial score (nSPS) is 12.5. The van der Waals surface area contributed by atoms with Gasteiger partial charge in [0.1, 0.15) is 0 Å². The molecule has 0 saturated carbocycles. The van der Waals surface area contributed by atoms with E-state index in [0.717, 1.165) is 26.5 Å². The van der Waals surface area contributed by atoms with Crippen LogP contribution in [0.4, 0.5) is 5.69 Å². The van der Waals surface area contributed by atoms with Crippen molar-refractivity contribution in [3.8, 4) is 0 Å². The first-order chi connectivity index (χ1) is 5.18. The second kappa shape index (κ2) is 4.37. The van der Waals surface area contributed by atoms with Crippen LogP contribution < -0.4 is 5.32 Å². The molecule has 1 nitrogen and oxygen atoms in total. The van der Waals surface area contributed by atoms with Crippen LogP contribution in [0.3, 0.4) is 0 Å². The molecular formula is C7H8AlBrClN. The Bertz CT molecular complexity index is 224. The fraction of sp³-hybridized carbons (Fsp3) is 0.143. The van der Waals surface area contributed by atoms with Gasteiger partial charge in [-0.25, -0.2) is 0 Å². The van der Waals surface area contributed by atoms with Gasteiger partial charge in [0.15, 0.2) is 0 Å². The van der Waals surface area contributed by atoms with Gasteiger partial charge in [0.05, 0.1) is 0 Å². The van der Waals surface area contributed by atoms with Gasteiger partial charge in [-0.3, -0.25) is 0 Å². The minimum absolute atomic E-state index is 0.108. The Morgan fingerprint density at radius 3 is 2.36 bits per heavy atom. The van der Waals surface area contributed by atoms with Crippen molar-refractivity contribution in [2.45, 2.75) is 4.36 Å². The lowest BCUT2D eigenvalue weighted by atomic mass is 10.3. The van der Waals surface area contributed by atoms with E-state index in [-0.39, 0.29) is 4.36 Å². The molecule has 0 spiro atoms. The number of anilines is 1. The summed E-state index contributed by atoms with van der Waals surface area (Å²) in [5.41, 5.74) is 1.07. The maximum Gasteiger partial charge on any atom is 0.272 e. The Morgan fingerprint density at radius 2 is 1.91 bits per heavy atom. The lowest BCUT2D eigenvalue weighted by molar-refractivity contribution is 1.36. The summed E-state index contributed by atoms with van der Waals surface area (Å²) < 4.78 is 1.19. The van der Waals surface area contributed by atoms with Gasteiger partial charge in [-0.05, 0) is 24.3 Å². The van der Waals surface area contributed by atoms with Gasteiger partial charge in [-0.15, -0.1) is 11.6 Å². The van der Waals surface area contributed by atoms with Crippen LogP contribution in [-0.2, 0) is 0 Å². The topological polar surface area (TPSA) is 12.0 Å². The first-order valence-corrected chi connectivity index (χ1v) is 5.73. The molecular weight excluding hydrogens is 240 g/mol. The number of hydrogen-bond donors (Lipinski definition) is 1. The van der Waals surface area contributed by atoms with Gasteiger partial charge in [0.25, 0.3) is 16.3 Å². The fourth-order valence-corrected chi connectivity index (χ4v) is 1.50. The first-order valence-electron chi connectivity index (χ1n) is 3.34. The molecule has 0 aliphatic heterocycles. The molecule has 4 heteroatoms. The van der Waals surface area contributed by atoms with Gasteiger partial charge in [0, 0.05) is 14.5 Å². The van der Waals surface area contributed by atoms with E-state index in [1.54, 1.807) is 0 Å². The van der Waals surface area contributed by atoms with E-state index in [4.69, 9.17) is 11.6 Å². The highest BCUT2D eigenvalue weighted by atomic mass is 79.9. The van der Waals surface area contributed by atoms with Crippen molar-refractivity contribution in [2.24, 2.45) is 0 Å². The standard InChI is InChI=1S/C7H6BrClN.Al.2H/c8-6-1-3-7(4-2-6)10-5-9;;;/h1-5,10H;;;. The molecule has 0 saturated heterocycles. The highest BCUT2D eigenvalue weighted by Gasteiger charge is 1.95. The van der Waals surface area contributed by atoms with Crippen LogP contribution in [-0.4, -0.2) is 20.7 Å². The number of rotatable bonds is 2. The maximum atomic E-state index is 5.79. The third kappa shape index (κ3) is 3.49. The molecule has 0 bridgehead atoms. The Kier molecular flexibility index (Phi) is 3.74. The molecule has 0 fully saturated rings. The molecule has 0 amide bonds. The number of hydrogen-bond acceptors (Lipinski definition) is 1. The van der Waals surface area contributed by atoms with Gasteiger partial charge in [0.2, 0.25) is 0 Å². The predicted octanol–water partition coefficient (Wildman–Crippen LogP) is 2.02. The van der Waals surface area contributed by atoms with E-state index < -0.39 is 0 Å². The van der Waals surface area contributed by atoms with Gasteiger partial charge in [-0.1, -0.05) is 15.9 Å². The molecule has 11 heavy (non-hydrogen) atoms. The van der Waals surface area contributed by atoms with Crippen LogP contribution in [0.5, 0.6) is 0 Å². The number of nitrogens with one attached hydrogen (secondary N) is 1. The third-order valence-corrected chi connectivity index (χ3v) is 2.14. The molecule has 0 aliphatic carbocycles. The minimum atomic E-state index is 0.108. The van der Waals surface area contributed by atoms with Crippen molar-refractivity contribution < 1.29 is 0 Å². The highest BCUT2D eigenvalue weighted by Crippen LogP contribution is 2.14. The predicted molar refractivity (Wildman–Crippen MR) is 55.9 cm³/mol. The van der Waals surface area contributed by atoms with E-state index in [1.807, 2.05) is 24.3 Å². The van der Waals surface area contributed by atoms with Crippen molar-refractivity contribution in [1.29, 1.82) is 0 Å². The molecule has 0 aromatic heterocycles. The molecule has 1 unspecified atom stereocenters. The molecule has 0 aliphatic rings. The second-order valence-corrected chi connectivity index (χ2v) is 5.72. The van der Waals surface area contributed by atoms with Crippen LogP contribution >= 0.6 is 27.5 Å². The van der Waals surface area contributed by atoms with Crippen LogP contribution in [0.15, 0.2) is 28.7 Å². The van der Waals surface area contributed by atoms with E-state index in [9.17, 15) is 0 Å². The molecule has 0 heterocycles. The van der Waals surface area contributed by atoms with Crippen LogP contribution in [0, 0.1) is 0 Å². The summed E-state index contributed by atoms with van der Waals surface area (Å²) in [6.45, 7) is 0. The summed E-state index contributed by atoms with van der Waals surface area (Å²) in [4.78, 5) is 0. The Morgan fingerprint density at radius 1 is 1.36 bits per heavy atom. The van der Waals surface area contributed by atoms with Crippen molar-refractivity contribution in [3.05, 3.63) is 28.7 Å². The Balaban J connectivity index is 2.66. The average molecular weight is 248 g/mol.